The smallest absolute Gasteiger partial charge is 0.342 e. The molecule has 0 aliphatic carbocycles. The first-order valence-electron chi connectivity index (χ1n) is 10.6. The lowest BCUT2D eigenvalue weighted by Crippen LogP contribution is -2.56. The second-order valence-electron chi connectivity index (χ2n) is 8.10. The first kappa shape index (κ1) is 21.7. The number of nitrogens with zero attached hydrogens (tertiary/aromatic N) is 3. The summed E-state index contributed by atoms with van der Waals surface area (Å²) in [5, 5.41) is 4.97. The molecule has 4 amide bonds. The summed E-state index contributed by atoms with van der Waals surface area (Å²) in [5.41, 5.74) is 6.89. The number of hydrazone groups is 1. The van der Waals surface area contributed by atoms with E-state index in [-0.39, 0.29) is 25.5 Å². The molecule has 2 aliphatic rings. The first-order chi connectivity index (χ1) is 15.5. The van der Waals surface area contributed by atoms with Crippen molar-refractivity contribution in [3.63, 3.8) is 0 Å². The Morgan fingerprint density at radius 3 is 2.34 bits per heavy atom. The fourth-order valence-corrected chi connectivity index (χ4v) is 4.30. The minimum Gasteiger partial charge on any atom is -0.376 e. The number of carbonyl (C=O) groups is 3. The van der Waals surface area contributed by atoms with Gasteiger partial charge in [0.25, 0.3) is 5.91 Å². The number of hydrogen-bond donors (Lipinski definition) is 1. The summed E-state index contributed by atoms with van der Waals surface area (Å²) in [6.45, 7) is 1.33. The molecule has 2 heterocycles. The molecule has 1 unspecified atom stereocenters. The minimum absolute atomic E-state index is 0.0881. The van der Waals surface area contributed by atoms with Crippen LogP contribution in [0.15, 0.2) is 65.8 Å². The quantitative estimate of drug-likeness (QED) is 0.675. The Morgan fingerprint density at radius 1 is 1.03 bits per heavy atom. The molecule has 2 N–H and O–H groups in total. The lowest BCUT2D eigenvalue weighted by atomic mass is 9.73. The molecule has 2 aliphatic heterocycles. The van der Waals surface area contributed by atoms with Crippen LogP contribution in [0.4, 0.5) is 4.79 Å². The van der Waals surface area contributed by atoms with Crippen LogP contribution < -0.4 is 5.73 Å². The number of benzene rings is 2. The van der Waals surface area contributed by atoms with E-state index < -0.39 is 17.4 Å². The number of urea groups is 1. The standard InChI is InChI=1S/C24H26N4O4/c25-23(31)28-22(30)24(15-18-7-3-1-4-8-18)17-27(13-11-20(24)26-28)21(29)12-14-32-16-19-9-5-2-6-10-19/h1-10H,11-17H2,(H2,25,31). The van der Waals surface area contributed by atoms with Gasteiger partial charge < -0.3 is 15.4 Å². The van der Waals surface area contributed by atoms with Gasteiger partial charge in [0, 0.05) is 19.5 Å². The van der Waals surface area contributed by atoms with E-state index >= 15 is 0 Å². The van der Waals surface area contributed by atoms with E-state index in [1.807, 2.05) is 60.7 Å². The molecule has 8 heteroatoms. The molecule has 0 spiro atoms. The SMILES string of the molecule is NC(=O)N1N=C2CCN(C(=O)CCOCc3ccccc3)CC2(Cc2ccccc2)C1=O. The van der Waals surface area contributed by atoms with Crippen LogP contribution in [-0.4, -0.2) is 53.2 Å². The van der Waals surface area contributed by atoms with E-state index in [4.69, 9.17) is 10.5 Å². The minimum atomic E-state index is -1.07. The summed E-state index contributed by atoms with van der Waals surface area (Å²) < 4.78 is 5.65. The average molecular weight is 434 g/mol. The molecule has 1 atom stereocenters. The third-order valence-electron chi connectivity index (χ3n) is 5.94. The molecule has 166 valence electrons. The van der Waals surface area contributed by atoms with Crippen molar-refractivity contribution in [1.82, 2.24) is 9.91 Å². The van der Waals surface area contributed by atoms with E-state index in [0.717, 1.165) is 16.1 Å². The summed E-state index contributed by atoms with van der Waals surface area (Å²) >= 11 is 0. The van der Waals surface area contributed by atoms with E-state index in [2.05, 4.69) is 5.10 Å². The number of piperidine rings is 1. The van der Waals surface area contributed by atoms with Crippen molar-refractivity contribution in [3.05, 3.63) is 71.8 Å². The molecule has 4 rings (SSSR count). The van der Waals surface area contributed by atoms with Crippen LogP contribution in [0.1, 0.15) is 24.0 Å². The molecule has 32 heavy (non-hydrogen) atoms. The lowest BCUT2D eigenvalue weighted by Gasteiger charge is -2.39. The molecule has 0 aromatic heterocycles. The van der Waals surface area contributed by atoms with Gasteiger partial charge in [-0.3, -0.25) is 9.59 Å². The Bertz CT molecular complexity index is 1020. The van der Waals surface area contributed by atoms with Crippen LogP contribution in [-0.2, 0) is 27.4 Å². The Morgan fingerprint density at radius 2 is 1.69 bits per heavy atom. The zero-order valence-corrected chi connectivity index (χ0v) is 17.8. The molecule has 0 bridgehead atoms. The van der Waals surface area contributed by atoms with Crippen molar-refractivity contribution in [2.24, 2.45) is 16.3 Å². The molecule has 0 saturated carbocycles. The summed E-state index contributed by atoms with van der Waals surface area (Å²) in [4.78, 5) is 39.6. The fraction of sp³-hybridized carbons (Fsp3) is 0.333. The zero-order chi connectivity index (χ0) is 22.6. The van der Waals surface area contributed by atoms with E-state index in [0.29, 0.717) is 31.7 Å². The Kier molecular flexibility index (Phi) is 6.32. The van der Waals surface area contributed by atoms with E-state index in [9.17, 15) is 14.4 Å². The number of carbonyl (C=O) groups excluding carboxylic acids is 3. The van der Waals surface area contributed by atoms with Gasteiger partial charge in [0.2, 0.25) is 5.91 Å². The molecular formula is C24H26N4O4. The van der Waals surface area contributed by atoms with Gasteiger partial charge in [-0.15, -0.1) is 5.01 Å². The van der Waals surface area contributed by atoms with E-state index in [1.165, 1.54) is 0 Å². The van der Waals surface area contributed by atoms with Gasteiger partial charge in [-0.25, -0.2) is 4.79 Å². The largest absolute Gasteiger partial charge is 0.376 e. The predicted molar refractivity (Wildman–Crippen MR) is 118 cm³/mol. The normalized spacial score (nSPS) is 20.1. The van der Waals surface area contributed by atoms with Gasteiger partial charge in [0.1, 0.15) is 5.41 Å². The maximum absolute atomic E-state index is 13.2. The number of primary amides is 1. The molecule has 8 nitrogen and oxygen atoms in total. The number of fused-ring (bicyclic) bond motifs is 1. The number of likely N-dealkylation sites (tertiary alicyclic amines) is 1. The topological polar surface area (TPSA) is 105 Å². The van der Waals surface area contributed by atoms with Gasteiger partial charge in [-0.2, -0.15) is 5.10 Å². The second-order valence-corrected chi connectivity index (χ2v) is 8.10. The third-order valence-corrected chi connectivity index (χ3v) is 5.94. The number of hydrogen-bond acceptors (Lipinski definition) is 5. The average Bonchev–Trinajstić information content (AvgIpc) is 3.09. The van der Waals surface area contributed by atoms with Crippen LogP contribution in [0, 0.1) is 5.41 Å². The Balaban J connectivity index is 1.44. The summed E-state index contributed by atoms with van der Waals surface area (Å²) in [7, 11) is 0. The maximum atomic E-state index is 13.2. The van der Waals surface area contributed by atoms with Crippen molar-refractivity contribution >= 4 is 23.6 Å². The van der Waals surface area contributed by atoms with Crippen LogP contribution in [0.5, 0.6) is 0 Å². The highest BCUT2D eigenvalue weighted by Gasteiger charge is 2.55. The maximum Gasteiger partial charge on any atom is 0.342 e. The van der Waals surface area contributed by atoms with Crippen molar-refractivity contribution < 1.29 is 19.1 Å². The Labute approximate surface area is 186 Å². The number of rotatable bonds is 7. The lowest BCUT2D eigenvalue weighted by molar-refractivity contribution is -0.139. The third kappa shape index (κ3) is 4.40. The summed E-state index contributed by atoms with van der Waals surface area (Å²) in [5.74, 6) is -0.559. The first-order valence-corrected chi connectivity index (χ1v) is 10.6. The number of nitrogens with two attached hydrogens (primary N) is 1. The van der Waals surface area contributed by atoms with Crippen molar-refractivity contribution in [3.8, 4) is 0 Å². The molecule has 2 aromatic carbocycles. The van der Waals surface area contributed by atoms with Crippen molar-refractivity contribution in [2.45, 2.75) is 25.9 Å². The number of imide groups is 1. The molecule has 1 fully saturated rings. The van der Waals surface area contributed by atoms with Crippen LogP contribution in [0.25, 0.3) is 0 Å². The van der Waals surface area contributed by atoms with Crippen molar-refractivity contribution in [1.29, 1.82) is 0 Å². The highest BCUT2D eigenvalue weighted by Crippen LogP contribution is 2.38. The zero-order valence-electron chi connectivity index (χ0n) is 17.8. The van der Waals surface area contributed by atoms with Gasteiger partial charge in [-0.05, 0) is 17.5 Å². The van der Waals surface area contributed by atoms with Crippen LogP contribution in [0.2, 0.25) is 0 Å². The van der Waals surface area contributed by atoms with Crippen LogP contribution in [0.3, 0.4) is 0 Å². The van der Waals surface area contributed by atoms with Crippen molar-refractivity contribution in [2.75, 3.05) is 19.7 Å². The summed E-state index contributed by atoms with van der Waals surface area (Å²) in [6.07, 6.45) is 0.983. The van der Waals surface area contributed by atoms with Gasteiger partial charge in [0.05, 0.1) is 25.3 Å². The molecule has 0 radical (unpaired) electrons. The van der Waals surface area contributed by atoms with Gasteiger partial charge in [-0.1, -0.05) is 60.7 Å². The van der Waals surface area contributed by atoms with Crippen LogP contribution >= 0.6 is 0 Å². The monoisotopic (exact) mass is 434 g/mol. The van der Waals surface area contributed by atoms with Gasteiger partial charge >= 0.3 is 6.03 Å². The fourth-order valence-electron chi connectivity index (χ4n) is 4.30. The molecule has 1 saturated heterocycles. The predicted octanol–water partition coefficient (Wildman–Crippen LogP) is 2.33. The number of amides is 4. The highest BCUT2D eigenvalue weighted by molar-refractivity contribution is 6.17. The second kappa shape index (κ2) is 9.32. The molecular weight excluding hydrogens is 408 g/mol. The van der Waals surface area contributed by atoms with Gasteiger partial charge in [0.15, 0.2) is 0 Å². The summed E-state index contributed by atoms with van der Waals surface area (Å²) in [6, 6.07) is 18.4. The highest BCUT2D eigenvalue weighted by atomic mass is 16.5. The molecule has 2 aromatic rings. The van der Waals surface area contributed by atoms with E-state index in [1.54, 1.807) is 4.90 Å². The Hall–Kier alpha value is -3.52. The number of ether oxygens (including phenoxy) is 1.